The molecule has 5 heteroatoms. The molecule has 0 amide bonds. The van der Waals surface area contributed by atoms with Crippen molar-refractivity contribution in [2.24, 2.45) is 4.99 Å². The van der Waals surface area contributed by atoms with Crippen molar-refractivity contribution in [2.45, 2.75) is 33.9 Å². The van der Waals surface area contributed by atoms with E-state index in [1.54, 1.807) is 0 Å². The van der Waals surface area contributed by atoms with Crippen LogP contribution in [-0.2, 0) is 13.1 Å². The van der Waals surface area contributed by atoms with E-state index in [4.69, 9.17) is 0 Å². The fourth-order valence-corrected chi connectivity index (χ4v) is 2.97. The van der Waals surface area contributed by atoms with Gasteiger partial charge in [-0.2, -0.15) is 0 Å². The third kappa shape index (κ3) is 4.42. The molecule has 1 heterocycles. The summed E-state index contributed by atoms with van der Waals surface area (Å²) in [6, 6.07) is 16.8. The molecule has 0 aliphatic carbocycles. The third-order valence-electron chi connectivity index (χ3n) is 4.36. The van der Waals surface area contributed by atoms with E-state index in [2.05, 4.69) is 88.4 Å². The van der Waals surface area contributed by atoms with Crippen molar-refractivity contribution in [3.63, 3.8) is 0 Å². The lowest BCUT2D eigenvalue weighted by Gasteiger charge is -2.13. The second-order valence-electron chi connectivity index (χ2n) is 6.41. The first kappa shape index (κ1) is 18.0. The molecular formula is C21H27N5. The van der Waals surface area contributed by atoms with Gasteiger partial charge in [0.2, 0.25) is 0 Å². The van der Waals surface area contributed by atoms with Gasteiger partial charge in [-0.1, -0.05) is 42.0 Å². The van der Waals surface area contributed by atoms with Crippen molar-refractivity contribution in [1.82, 2.24) is 20.2 Å². The van der Waals surface area contributed by atoms with Gasteiger partial charge in [0, 0.05) is 19.6 Å². The molecule has 0 unspecified atom stereocenters. The number of aryl methyl sites for hydroxylation is 2. The van der Waals surface area contributed by atoms with Crippen LogP contribution in [0.5, 0.6) is 0 Å². The maximum absolute atomic E-state index is 4.69. The standard InChI is InChI=1S/C21H27N5/c1-4-22-21(24-15-18-11-9-16(2)10-12-18)23-13-14-26-17(3)25-19-7-5-6-8-20(19)26/h5-12H,4,13-15H2,1-3H3,(H2,22,23,24). The average Bonchev–Trinajstić information content (AvgIpc) is 2.96. The van der Waals surface area contributed by atoms with Crippen LogP contribution in [0.1, 0.15) is 23.9 Å². The summed E-state index contributed by atoms with van der Waals surface area (Å²) in [5.41, 5.74) is 4.70. The molecule has 1 aromatic heterocycles. The Morgan fingerprint density at radius 3 is 2.58 bits per heavy atom. The van der Waals surface area contributed by atoms with Gasteiger partial charge in [0.15, 0.2) is 5.96 Å². The first-order chi connectivity index (χ1) is 12.7. The van der Waals surface area contributed by atoms with Crippen molar-refractivity contribution in [3.8, 4) is 0 Å². The molecular weight excluding hydrogens is 322 g/mol. The lowest BCUT2D eigenvalue weighted by atomic mass is 10.1. The Kier molecular flexibility index (Phi) is 5.89. The van der Waals surface area contributed by atoms with E-state index in [1.807, 2.05) is 6.07 Å². The molecule has 0 spiro atoms. The number of imidazole rings is 1. The van der Waals surface area contributed by atoms with Gasteiger partial charge in [0.1, 0.15) is 5.82 Å². The van der Waals surface area contributed by atoms with E-state index in [1.165, 1.54) is 16.6 Å². The molecule has 0 radical (unpaired) electrons. The van der Waals surface area contributed by atoms with Crippen LogP contribution < -0.4 is 10.6 Å². The molecule has 0 bridgehead atoms. The maximum atomic E-state index is 4.69. The predicted octanol–water partition coefficient (Wildman–Crippen LogP) is 3.41. The van der Waals surface area contributed by atoms with Crippen molar-refractivity contribution >= 4 is 17.0 Å². The number of benzene rings is 2. The SMILES string of the molecule is CCNC(=NCc1ccc(C)cc1)NCCn1c(C)nc2ccccc21. The fraction of sp³-hybridized carbons (Fsp3) is 0.333. The summed E-state index contributed by atoms with van der Waals surface area (Å²) in [4.78, 5) is 9.31. The smallest absolute Gasteiger partial charge is 0.191 e. The zero-order valence-electron chi connectivity index (χ0n) is 15.8. The van der Waals surface area contributed by atoms with Crippen LogP contribution in [0.4, 0.5) is 0 Å². The second-order valence-corrected chi connectivity index (χ2v) is 6.41. The topological polar surface area (TPSA) is 54.2 Å². The van der Waals surface area contributed by atoms with E-state index in [-0.39, 0.29) is 0 Å². The number of para-hydroxylation sites is 2. The van der Waals surface area contributed by atoms with Gasteiger partial charge < -0.3 is 15.2 Å². The molecule has 3 rings (SSSR count). The van der Waals surface area contributed by atoms with Crippen LogP contribution in [0.15, 0.2) is 53.5 Å². The lowest BCUT2D eigenvalue weighted by molar-refractivity contribution is 0.660. The van der Waals surface area contributed by atoms with Gasteiger partial charge >= 0.3 is 0 Å². The lowest BCUT2D eigenvalue weighted by Crippen LogP contribution is -2.38. The van der Waals surface area contributed by atoms with Crippen LogP contribution in [-0.4, -0.2) is 28.6 Å². The van der Waals surface area contributed by atoms with Crippen molar-refractivity contribution in [2.75, 3.05) is 13.1 Å². The third-order valence-corrected chi connectivity index (χ3v) is 4.36. The first-order valence-electron chi connectivity index (χ1n) is 9.17. The van der Waals surface area contributed by atoms with E-state index < -0.39 is 0 Å². The minimum Gasteiger partial charge on any atom is -0.357 e. The highest BCUT2D eigenvalue weighted by molar-refractivity contribution is 5.79. The Balaban J connectivity index is 1.62. The Morgan fingerprint density at radius 1 is 1.04 bits per heavy atom. The molecule has 0 fully saturated rings. The van der Waals surface area contributed by atoms with Gasteiger partial charge in [-0.05, 0) is 38.5 Å². The van der Waals surface area contributed by atoms with Gasteiger partial charge in [-0.25, -0.2) is 9.98 Å². The number of hydrogen-bond donors (Lipinski definition) is 2. The van der Waals surface area contributed by atoms with Crippen molar-refractivity contribution < 1.29 is 0 Å². The first-order valence-corrected chi connectivity index (χ1v) is 9.17. The molecule has 136 valence electrons. The molecule has 5 nitrogen and oxygen atoms in total. The van der Waals surface area contributed by atoms with Crippen LogP contribution in [0.2, 0.25) is 0 Å². The Labute approximate surface area is 155 Å². The highest BCUT2D eigenvalue weighted by atomic mass is 15.2. The number of fused-ring (bicyclic) bond motifs is 1. The minimum absolute atomic E-state index is 0.669. The predicted molar refractivity (Wildman–Crippen MR) is 108 cm³/mol. The Morgan fingerprint density at radius 2 is 1.81 bits per heavy atom. The summed E-state index contributed by atoms with van der Waals surface area (Å²) in [5.74, 6) is 1.88. The molecule has 2 aromatic carbocycles. The van der Waals surface area contributed by atoms with Gasteiger partial charge in [0.05, 0.1) is 17.6 Å². The monoisotopic (exact) mass is 349 g/mol. The number of nitrogens with zero attached hydrogens (tertiary/aromatic N) is 3. The molecule has 0 saturated carbocycles. The molecule has 0 aliphatic heterocycles. The van der Waals surface area contributed by atoms with Crippen LogP contribution in [0, 0.1) is 13.8 Å². The normalized spacial score (nSPS) is 11.7. The van der Waals surface area contributed by atoms with Crippen molar-refractivity contribution in [1.29, 1.82) is 0 Å². The number of guanidine groups is 1. The number of nitrogens with one attached hydrogen (secondary N) is 2. The van der Waals surface area contributed by atoms with Crippen LogP contribution in [0.3, 0.4) is 0 Å². The van der Waals surface area contributed by atoms with Crippen molar-refractivity contribution in [3.05, 3.63) is 65.5 Å². The summed E-state index contributed by atoms with van der Waals surface area (Å²) in [6.07, 6.45) is 0. The van der Waals surface area contributed by atoms with Crippen LogP contribution in [0.25, 0.3) is 11.0 Å². The highest BCUT2D eigenvalue weighted by Gasteiger charge is 2.06. The molecule has 0 saturated heterocycles. The number of hydrogen-bond acceptors (Lipinski definition) is 2. The fourth-order valence-electron chi connectivity index (χ4n) is 2.97. The van der Waals surface area contributed by atoms with Gasteiger partial charge in [-0.3, -0.25) is 0 Å². The highest BCUT2D eigenvalue weighted by Crippen LogP contribution is 2.14. The van der Waals surface area contributed by atoms with E-state index in [0.29, 0.717) is 6.54 Å². The summed E-state index contributed by atoms with van der Waals surface area (Å²) in [7, 11) is 0. The zero-order chi connectivity index (χ0) is 18.4. The Bertz CT molecular complexity index is 877. The molecule has 26 heavy (non-hydrogen) atoms. The summed E-state index contributed by atoms with van der Waals surface area (Å²) >= 11 is 0. The van der Waals surface area contributed by atoms with Gasteiger partial charge in [-0.15, -0.1) is 0 Å². The summed E-state index contributed by atoms with van der Waals surface area (Å²) < 4.78 is 2.24. The number of rotatable bonds is 6. The second kappa shape index (κ2) is 8.52. The Hall–Kier alpha value is -2.82. The maximum Gasteiger partial charge on any atom is 0.191 e. The average molecular weight is 349 g/mol. The zero-order valence-corrected chi connectivity index (χ0v) is 15.8. The minimum atomic E-state index is 0.669. The molecule has 2 N–H and O–H groups in total. The molecule has 0 aliphatic rings. The summed E-state index contributed by atoms with van der Waals surface area (Å²) in [5, 5.41) is 6.73. The molecule has 3 aromatic rings. The molecule has 0 atom stereocenters. The largest absolute Gasteiger partial charge is 0.357 e. The van der Waals surface area contributed by atoms with E-state index in [9.17, 15) is 0 Å². The number of aliphatic imine (C=N–C) groups is 1. The quantitative estimate of drug-likeness (QED) is 0.530. The van der Waals surface area contributed by atoms with E-state index >= 15 is 0 Å². The summed E-state index contributed by atoms with van der Waals surface area (Å²) in [6.45, 7) is 9.38. The van der Waals surface area contributed by atoms with E-state index in [0.717, 1.165) is 36.9 Å². The van der Waals surface area contributed by atoms with Crippen LogP contribution >= 0.6 is 0 Å². The van der Waals surface area contributed by atoms with Gasteiger partial charge in [0.25, 0.3) is 0 Å². The number of aromatic nitrogens is 2.